The number of nitrogens with two attached hydrogens (primary N) is 1. The molecular formula is C15H14N2OS. The summed E-state index contributed by atoms with van der Waals surface area (Å²) in [4.78, 5) is 4.64. The van der Waals surface area contributed by atoms with Crippen molar-refractivity contribution in [3.63, 3.8) is 0 Å². The lowest BCUT2D eigenvalue weighted by Gasteiger charge is -2.05. The van der Waals surface area contributed by atoms with Crippen LogP contribution < -0.4 is 10.5 Å². The van der Waals surface area contributed by atoms with Crippen molar-refractivity contribution in [2.75, 3.05) is 12.8 Å². The smallest absolute Gasteiger partial charge is 0.124 e. The molecule has 3 rings (SSSR count). The molecule has 2 aromatic carbocycles. The second kappa shape index (κ2) is 4.55. The molecule has 0 fully saturated rings. The summed E-state index contributed by atoms with van der Waals surface area (Å²) in [5, 5.41) is 0.985. The fourth-order valence-corrected chi connectivity index (χ4v) is 3.03. The number of nitrogens with zero attached hydrogens (tertiary/aromatic N) is 1. The van der Waals surface area contributed by atoms with Crippen molar-refractivity contribution in [2.24, 2.45) is 0 Å². The highest BCUT2D eigenvalue weighted by molar-refractivity contribution is 7.21. The molecule has 0 spiro atoms. The summed E-state index contributed by atoms with van der Waals surface area (Å²) in [5.74, 6) is 0.885. The Balaban J connectivity index is 2.13. The molecule has 0 amide bonds. The van der Waals surface area contributed by atoms with Gasteiger partial charge in [0, 0.05) is 11.3 Å². The Kier molecular flexibility index (Phi) is 2.87. The average molecular weight is 270 g/mol. The minimum Gasteiger partial charge on any atom is -0.496 e. The summed E-state index contributed by atoms with van der Waals surface area (Å²) < 4.78 is 6.46. The first-order valence-corrected chi connectivity index (χ1v) is 6.80. The Bertz CT molecular complexity index is 749. The van der Waals surface area contributed by atoms with Crippen molar-refractivity contribution < 1.29 is 4.74 Å². The van der Waals surface area contributed by atoms with Crippen molar-refractivity contribution in [3.05, 3.63) is 42.0 Å². The molecule has 3 aromatic rings. The van der Waals surface area contributed by atoms with E-state index >= 15 is 0 Å². The third-order valence-electron chi connectivity index (χ3n) is 3.07. The summed E-state index contributed by atoms with van der Waals surface area (Å²) in [6, 6.07) is 11.9. The number of thiazole rings is 1. The van der Waals surface area contributed by atoms with E-state index in [1.54, 1.807) is 18.4 Å². The summed E-state index contributed by atoms with van der Waals surface area (Å²) in [5.41, 5.74) is 9.74. The van der Waals surface area contributed by atoms with Crippen LogP contribution in [-0.4, -0.2) is 12.1 Å². The van der Waals surface area contributed by atoms with Crippen LogP contribution >= 0.6 is 11.3 Å². The number of fused-ring (bicyclic) bond motifs is 1. The molecular weight excluding hydrogens is 256 g/mol. The molecule has 0 aliphatic rings. The van der Waals surface area contributed by atoms with Crippen LogP contribution in [0.2, 0.25) is 0 Å². The van der Waals surface area contributed by atoms with Crippen LogP contribution in [0.4, 0.5) is 5.69 Å². The first-order chi connectivity index (χ1) is 9.17. The second-order valence-corrected chi connectivity index (χ2v) is 5.46. The van der Waals surface area contributed by atoms with Crippen LogP contribution in [0, 0.1) is 6.92 Å². The lowest BCUT2D eigenvalue weighted by atomic mass is 10.1. The van der Waals surface area contributed by atoms with Gasteiger partial charge < -0.3 is 10.5 Å². The first kappa shape index (κ1) is 12.0. The van der Waals surface area contributed by atoms with Gasteiger partial charge in [-0.3, -0.25) is 0 Å². The molecule has 0 aliphatic heterocycles. The number of aryl methyl sites for hydroxylation is 1. The van der Waals surface area contributed by atoms with E-state index in [1.165, 1.54) is 0 Å². The Morgan fingerprint density at radius 2 is 2.00 bits per heavy atom. The third kappa shape index (κ3) is 2.15. The van der Waals surface area contributed by atoms with Gasteiger partial charge in [-0.1, -0.05) is 12.1 Å². The van der Waals surface area contributed by atoms with Crippen molar-refractivity contribution in [2.45, 2.75) is 6.92 Å². The maximum Gasteiger partial charge on any atom is 0.124 e. The zero-order chi connectivity index (χ0) is 13.4. The van der Waals surface area contributed by atoms with Crippen LogP contribution in [-0.2, 0) is 0 Å². The molecule has 0 bridgehead atoms. The molecule has 4 heteroatoms. The summed E-state index contributed by atoms with van der Waals surface area (Å²) in [7, 11) is 1.69. The van der Waals surface area contributed by atoms with Crippen LogP contribution in [0.1, 0.15) is 5.56 Å². The Morgan fingerprint density at radius 3 is 2.79 bits per heavy atom. The molecule has 0 saturated carbocycles. The zero-order valence-electron chi connectivity index (χ0n) is 10.8. The Labute approximate surface area is 115 Å². The van der Waals surface area contributed by atoms with E-state index in [-0.39, 0.29) is 0 Å². The molecule has 0 aliphatic carbocycles. The van der Waals surface area contributed by atoms with Gasteiger partial charge >= 0.3 is 0 Å². The number of aromatic nitrogens is 1. The highest BCUT2D eigenvalue weighted by Gasteiger charge is 2.08. The molecule has 96 valence electrons. The number of nitrogen functional groups attached to an aromatic ring is 1. The molecule has 0 radical (unpaired) electrons. The predicted molar refractivity (Wildman–Crippen MR) is 80.8 cm³/mol. The minimum absolute atomic E-state index is 0.768. The van der Waals surface area contributed by atoms with Gasteiger partial charge in [-0.2, -0.15) is 0 Å². The topological polar surface area (TPSA) is 48.1 Å². The standard InChI is InChI=1S/C15H14N2OS/c1-9-3-4-10(7-13(9)18-2)15-17-12-6-5-11(16)8-14(12)19-15/h3-8H,16H2,1-2H3. The SMILES string of the molecule is COc1cc(-c2nc3ccc(N)cc3s2)ccc1C. The van der Waals surface area contributed by atoms with Gasteiger partial charge in [-0.05, 0) is 36.8 Å². The average Bonchev–Trinajstić information content (AvgIpc) is 2.82. The van der Waals surface area contributed by atoms with Gasteiger partial charge in [0.1, 0.15) is 10.8 Å². The summed E-state index contributed by atoms with van der Waals surface area (Å²) in [6.07, 6.45) is 0. The molecule has 19 heavy (non-hydrogen) atoms. The number of anilines is 1. The fourth-order valence-electron chi connectivity index (χ4n) is 2.02. The van der Waals surface area contributed by atoms with Gasteiger partial charge in [-0.25, -0.2) is 4.98 Å². The van der Waals surface area contributed by atoms with E-state index in [4.69, 9.17) is 10.5 Å². The van der Waals surface area contributed by atoms with Crippen LogP contribution in [0.25, 0.3) is 20.8 Å². The third-order valence-corrected chi connectivity index (χ3v) is 4.13. The number of hydrogen-bond donors (Lipinski definition) is 1. The number of ether oxygens (including phenoxy) is 1. The lowest BCUT2D eigenvalue weighted by molar-refractivity contribution is 0.412. The number of methoxy groups -OCH3 is 1. The van der Waals surface area contributed by atoms with Crippen molar-refractivity contribution in [1.29, 1.82) is 0 Å². The van der Waals surface area contributed by atoms with Crippen LogP contribution in [0.15, 0.2) is 36.4 Å². The second-order valence-electron chi connectivity index (χ2n) is 4.43. The molecule has 2 N–H and O–H groups in total. The number of rotatable bonds is 2. The molecule has 1 heterocycles. The minimum atomic E-state index is 0.768. The van der Waals surface area contributed by atoms with Gasteiger partial charge in [0.25, 0.3) is 0 Å². The van der Waals surface area contributed by atoms with E-state index in [9.17, 15) is 0 Å². The van der Waals surface area contributed by atoms with E-state index in [1.807, 2.05) is 31.2 Å². The number of hydrogen-bond acceptors (Lipinski definition) is 4. The maximum atomic E-state index is 5.80. The highest BCUT2D eigenvalue weighted by Crippen LogP contribution is 2.33. The maximum absolute atomic E-state index is 5.80. The van der Waals surface area contributed by atoms with E-state index in [2.05, 4.69) is 17.1 Å². The molecule has 3 nitrogen and oxygen atoms in total. The predicted octanol–water partition coefficient (Wildman–Crippen LogP) is 3.86. The van der Waals surface area contributed by atoms with Gasteiger partial charge in [-0.15, -0.1) is 11.3 Å². The van der Waals surface area contributed by atoms with E-state index < -0.39 is 0 Å². The zero-order valence-corrected chi connectivity index (χ0v) is 11.6. The van der Waals surface area contributed by atoms with Crippen molar-refractivity contribution in [1.82, 2.24) is 4.98 Å². The van der Waals surface area contributed by atoms with Crippen LogP contribution in [0.3, 0.4) is 0 Å². The molecule has 0 unspecified atom stereocenters. The monoisotopic (exact) mass is 270 g/mol. The van der Waals surface area contributed by atoms with E-state index in [0.717, 1.165) is 37.8 Å². The Morgan fingerprint density at radius 1 is 1.16 bits per heavy atom. The van der Waals surface area contributed by atoms with Crippen molar-refractivity contribution in [3.8, 4) is 16.3 Å². The normalized spacial score (nSPS) is 10.8. The summed E-state index contributed by atoms with van der Waals surface area (Å²) >= 11 is 1.64. The molecule has 0 atom stereocenters. The first-order valence-electron chi connectivity index (χ1n) is 5.98. The van der Waals surface area contributed by atoms with Crippen molar-refractivity contribution >= 4 is 27.2 Å². The quantitative estimate of drug-likeness (QED) is 0.719. The van der Waals surface area contributed by atoms with Gasteiger partial charge in [0.15, 0.2) is 0 Å². The molecule has 0 saturated heterocycles. The number of benzene rings is 2. The fraction of sp³-hybridized carbons (Fsp3) is 0.133. The summed E-state index contributed by atoms with van der Waals surface area (Å²) in [6.45, 7) is 2.03. The highest BCUT2D eigenvalue weighted by atomic mass is 32.1. The lowest BCUT2D eigenvalue weighted by Crippen LogP contribution is -1.87. The van der Waals surface area contributed by atoms with Gasteiger partial charge in [0.05, 0.1) is 17.3 Å². The van der Waals surface area contributed by atoms with Crippen LogP contribution in [0.5, 0.6) is 5.75 Å². The Hall–Kier alpha value is -2.07. The largest absolute Gasteiger partial charge is 0.496 e. The van der Waals surface area contributed by atoms with E-state index in [0.29, 0.717) is 0 Å². The van der Waals surface area contributed by atoms with Gasteiger partial charge in [0.2, 0.25) is 0 Å². The molecule has 1 aromatic heterocycles.